The summed E-state index contributed by atoms with van der Waals surface area (Å²) in [6.07, 6.45) is 3.44. The molecule has 1 rings (SSSR count). The van der Waals surface area contributed by atoms with E-state index in [0.717, 1.165) is 19.5 Å². The number of ether oxygens (including phenoxy) is 1. The van der Waals surface area contributed by atoms with Crippen LogP contribution in [0.5, 0.6) is 0 Å². The fourth-order valence-electron chi connectivity index (χ4n) is 1.54. The Morgan fingerprint density at radius 3 is 3.09 bits per heavy atom. The highest BCUT2D eigenvalue weighted by molar-refractivity contribution is 5.37. The fourth-order valence-corrected chi connectivity index (χ4v) is 1.54. The first kappa shape index (κ1) is 8.53. The zero-order valence-electron chi connectivity index (χ0n) is 6.95. The number of nitrogens with zero attached hydrogens (tertiary/aromatic N) is 1. The van der Waals surface area contributed by atoms with Crippen LogP contribution in [0.3, 0.4) is 0 Å². The van der Waals surface area contributed by atoms with Crippen LogP contribution >= 0.6 is 0 Å². The molecule has 3 heteroatoms. The molecule has 1 aliphatic heterocycles. The Hall–Kier alpha value is -0.570. The maximum absolute atomic E-state index is 10.1. The monoisotopic (exact) mass is 157 g/mol. The van der Waals surface area contributed by atoms with Crippen LogP contribution in [-0.2, 0) is 9.53 Å². The Balaban J connectivity index is 2.37. The number of hydrogen-bond donors (Lipinski definition) is 0. The molecule has 1 aliphatic rings. The molecule has 0 N–H and O–H groups in total. The molecule has 0 radical (unpaired) electrons. The van der Waals surface area contributed by atoms with Crippen molar-refractivity contribution < 1.29 is 9.53 Å². The van der Waals surface area contributed by atoms with Crippen molar-refractivity contribution in [3.63, 3.8) is 0 Å². The summed E-state index contributed by atoms with van der Waals surface area (Å²) in [5.74, 6) is 0. The molecule has 0 aromatic heterocycles. The molecule has 0 saturated carbocycles. The van der Waals surface area contributed by atoms with Crippen molar-refractivity contribution in [1.82, 2.24) is 4.90 Å². The van der Waals surface area contributed by atoms with Crippen LogP contribution in [0.25, 0.3) is 0 Å². The predicted octanol–water partition coefficient (Wildman–Crippen LogP) is 0.991. The van der Waals surface area contributed by atoms with E-state index in [2.05, 4.69) is 11.8 Å². The van der Waals surface area contributed by atoms with Crippen LogP contribution in [0.15, 0.2) is 0 Å². The molecule has 0 aliphatic carbocycles. The summed E-state index contributed by atoms with van der Waals surface area (Å²) in [7, 11) is 0. The van der Waals surface area contributed by atoms with Gasteiger partial charge >= 0.3 is 0 Å². The van der Waals surface area contributed by atoms with Crippen molar-refractivity contribution in [3.8, 4) is 0 Å². The molecule has 0 aromatic rings. The zero-order valence-corrected chi connectivity index (χ0v) is 6.95. The van der Waals surface area contributed by atoms with Gasteiger partial charge in [-0.3, -0.25) is 9.69 Å². The van der Waals surface area contributed by atoms with Gasteiger partial charge in [-0.25, -0.2) is 0 Å². The lowest BCUT2D eigenvalue weighted by molar-refractivity contribution is -0.146. The third-order valence-electron chi connectivity index (χ3n) is 2.17. The van der Waals surface area contributed by atoms with E-state index < -0.39 is 0 Å². The van der Waals surface area contributed by atoms with E-state index in [4.69, 9.17) is 4.74 Å². The van der Waals surface area contributed by atoms with Gasteiger partial charge in [-0.15, -0.1) is 0 Å². The highest BCUT2D eigenvalue weighted by Gasteiger charge is 2.21. The van der Waals surface area contributed by atoms with Gasteiger partial charge in [-0.2, -0.15) is 0 Å². The molecule has 0 amide bonds. The molecular weight excluding hydrogens is 142 g/mol. The maximum Gasteiger partial charge on any atom is 0.294 e. The summed E-state index contributed by atoms with van der Waals surface area (Å²) >= 11 is 0. The van der Waals surface area contributed by atoms with E-state index in [9.17, 15) is 4.79 Å². The number of carbonyl (C=O) groups excluding carboxylic acids is 1. The SMILES string of the molecule is CCN1CCCC[C@H]1OC=O. The molecule has 0 aromatic carbocycles. The minimum atomic E-state index is 0.0475. The average Bonchev–Trinajstić information content (AvgIpc) is 2.06. The quantitative estimate of drug-likeness (QED) is 0.572. The molecule has 1 heterocycles. The second kappa shape index (κ2) is 4.34. The van der Waals surface area contributed by atoms with Gasteiger partial charge in [-0.1, -0.05) is 6.92 Å². The average molecular weight is 157 g/mol. The van der Waals surface area contributed by atoms with Gasteiger partial charge in [-0.05, 0) is 25.8 Å². The standard InChI is InChI=1S/C8H15NO2/c1-2-9-6-4-3-5-8(9)11-7-10/h7-8H,2-6H2,1H3/t8-/m1/s1. The van der Waals surface area contributed by atoms with Gasteiger partial charge in [0, 0.05) is 6.54 Å². The van der Waals surface area contributed by atoms with E-state index in [-0.39, 0.29) is 6.23 Å². The lowest BCUT2D eigenvalue weighted by atomic mass is 10.1. The fraction of sp³-hybridized carbons (Fsp3) is 0.875. The first-order valence-electron chi connectivity index (χ1n) is 4.21. The summed E-state index contributed by atoms with van der Waals surface area (Å²) in [5.41, 5.74) is 0. The molecule has 1 saturated heterocycles. The van der Waals surface area contributed by atoms with Crippen molar-refractivity contribution in [2.24, 2.45) is 0 Å². The second-order valence-electron chi connectivity index (χ2n) is 2.81. The predicted molar refractivity (Wildman–Crippen MR) is 42.0 cm³/mol. The highest BCUT2D eigenvalue weighted by atomic mass is 16.5. The van der Waals surface area contributed by atoms with Gasteiger partial charge in [0.15, 0.2) is 6.23 Å². The summed E-state index contributed by atoms with van der Waals surface area (Å²) in [5, 5.41) is 0. The van der Waals surface area contributed by atoms with E-state index in [0.29, 0.717) is 6.47 Å². The molecule has 3 nitrogen and oxygen atoms in total. The Morgan fingerprint density at radius 1 is 1.64 bits per heavy atom. The molecule has 1 atom stereocenters. The van der Waals surface area contributed by atoms with Crippen molar-refractivity contribution in [1.29, 1.82) is 0 Å². The number of rotatable bonds is 3. The second-order valence-corrected chi connectivity index (χ2v) is 2.81. The maximum atomic E-state index is 10.1. The van der Waals surface area contributed by atoms with Gasteiger partial charge < -0.3 is 4.74 Å². The summed E-state index contributed by atoms with van der Waals surface area (Å²) in [6, 6.07) is 0. The van der Waals surface area contributed by atoms with Crippen LogP contribution in [0.4, 0.5) is 0 Å². The lowest BCUT2D eigenvalue weighted by Crippen LogP contribution is -2.40. The van der Waals surface area contributed by atoms with E-state index in [1.165, 1.54) is 12.8 Å². The Kier molecular flexibility index (Phi) is 3.36. The molecule has 1 fully saturated rings. The van der Waals surface area contributed by atoms with Crippen molar-refractivity contribution in [2.75, 3.05) is 13.1 Å². The minimum Gasteiger partial charge on any atom is -0.449 e. The first-order valence-corrected chi connectivity index (χ1v) is 4.21. The molecule has 0 spiro atoms. The molecular formula is C8H15NO2. The van der Waals surface area contributed by atoms with Crippen LogP contribution in [0.2, 0.25) is 0 Å². The molecule has 11 heavy (non-hydrogen) atoms. The van der Waals surface area contributed by atoms with Gasteiger partial charge in [0.2, 0.25) is 0 Å². The zero-order chi connectivity index (χ0) is 8.10. The van der Waals surface area contributed by atoms with Gasteiger partial charge in [0.25, 0.3) is 6.47 Å². The largest absolute Gasteiger partial charge is 0.449 e. The normalized spacial score (nSPS) is 26.5. The third kappa shape index (κ3) is 2.19. The van der Waals surface area contributed by atoms with E-state index >= 15 is 0 Å². The van der Waals surface area contributed by atoms with Gasteiger partial charge in [0.1, 0.15) is 0 Å². The summed E-state index contributed by atoms with van der Waals surface area (Å²) in [4.78, 5) is 12.3. The summed E-state index contributed by atoms with van der Waals surface area (Å²) in [6.45, 7) is 4.68. The number of hydrogen-bond acceptors (Lipinski definition) is 3. The van der Waals surface area contributed by atoms with Crippen LogP contribution in [-0.4, -0.2) is 30.7 Å². The lowest BCUT2D eigenvalue weighted by Gasteiger charge is -2.32. The highest BCUT2D eigenvalue weighted by Crippen LogP contribution is 2.16. The topological polar surface area (TPSA) is 29.5 Å². The third-order valence-corrected chi connectivity index (χ3v) is 2.17. The number of piperidine rings is 1. The smallest absolute Gasteiger partial charge is 0.294 e. The van der Waals surface area contributed by atoms with E-state index in [1.807, 2.05) is 0 Å². The van der Waals surface area contributed by atoms with Crippen molar-refractivity contribution >= 4 is 6.47 Å². The Labute approximate surface area is 67.3 Å². The van der Waals surface area contributed by atoms with Crippen molar-refractivity contribution in [3.05, 3.63) is 0 Å². The summed E-state index contributed by atoms with van der Waals surface area (Å²) < 4.78 is 4.93. The van der Waals surface area contributed by atoms with Crippen molar-refractivity contribution in [2.45, 2.75) is 32.4 Å². The first-order chi connectivity index (χ1) is 5.38. The van der Waals surface area contributed by atoms with E-state index in [1.54, 1.807) is 0 Å². The Bertz CT molecular complexity index is 127. The molecule has 64 valence electrons. The van der Waals surface area contributed by atoms with Crippen LogP contribution in [0.1, 0.15) is 26.2 Å². The van der Waals surface area contributed by atoms with Gasteiger partial charge in [0.05, 0.1) is 0 Å². The van der Waals surface area contributed by atoms with Crippen LogP contribution in [0, 0.1) is 0 Å². The minimum absolute atomic E-state index is 0.0475. The number of carbonyl (C=O) groups is 1. The Morgan fingerprint density at radius 2 is 2.45 bits per heavy atom. The molecule has 0 unspecified atom stereocenters. The van der Waals surface area contributed by atoms with Crippen LogP contribution < -0.4 is 0 Å². The molecule has 0 bridgehead atoms. The number of likely N-dealkylation sites (tertiary alicyclic amines) is 1.